The number of aromatic nitrogens is 3. The van der Waals surface area contributed by atoms with E-state index in [9.17, 15) is 0 Å². The lowest BCUT2D eigenvalue weighted by Crippen LogP contribution is -2.41. The quantitative estimate of drug-likeness (QED) is 0.404. The maximum absolute atomic E-state index is 4.48. The van der Waals surface area contributed by atoms with Crippen molar-refractivity contribution in [2.75, 3.05) is 20.1 Å². The fraction of sp³-hybridized carbons (Fsp3) is 0.550. The minimum Gasteiger partial charge on any atom is -0.349 e. The van der Waals surface area contributed by atoms with Crippen LogP contribution in [0.4, 0.5) is 0 Å². The van der Waals surface area contributed by atoms with Gasteiger partial charge in [0.05, 0.1) is 6.54 Å². The molecule has 0 spiro atoms. The average Bonchev–Trinajstić information content (AvgIpc) is 3.19. The number of aliphatic imine (C=N–C) groups is 1. The molecule has 0 amide bonds. The first kappa shape index (κ1) is 21.7. The van der Waals surface area contributed by atoms with Crippen molar-refractivity contribution in [3.63, 3.8) is 0 Å². The van der Waals surface area contributed by atoms with Gasteiger partial charge in [-0.15, -0.1) is 34.2 Å². The molecule has 1 N–H and O–H groups in total. The van der Waals surface area contributed by atoms with Crippen LogP contribution in [0.1, 0.15) is 37.0 Å². The first-order valence-corrected chi connectivity index (χ1v) is 9.35. The Bertz CT molecular complexity index is 757. The van der Waals surface area contributed by atoms with Gasteiger partial charge in [-0.1, -0.05) is 37.3 Å². The topological polar surface area (TPSA) is 58.3 Å². The maximum atomic E-state index is 4.48. The zero-order valence-corrected chi connectivity index (χ0v) is 19.1. The third-order valence-electron chi connectivity index (χ3n) is 5.52. The second-order valence-corrected chi connectivity index (χ2v) is 7.59. The number of benzene rings is 1. The second-order valence-electron chi connectivity index (χ2n) is 7.59. The summed E-state index contributed by atoms with van der Waals surface area (Å²) in [6.45, 7) is 7.08. The van der Waals surface area contributed by atoms with Crippen molar-refractivity contribution in [3.05, 3.63) is 47.5 Å². The van der Waals surface area contributed by atoms with Crippen molar-refractivity contribution in [1.82, 2.24) is 25.0 Å². The number of likely N-dealkylation sites (tertiary alicyclic amines) is 1. The van der Waals surface area contributed by atoms with Crippen LogP contribution in [-0.2, 0) is 20.0 Å². The summed E-state index contributed by atoms with van der Waals surface area (Å²) in [6, 6.07) is 10.8. The van der Waals surface area contributed by atoms with E-state index in [4.69, 9.17) is 0 Å². The van der Waals surface area contributed by atoms with Crippen molar-refractivity contribution < 1.29 is 0 Å². The van der Waals surface area contributed by atoms with E-state index >= 15 is 0 Å². The summed E-state index contributed by atoms with van der Waals surface area (Å²) in [4.78, 5) is 6.85. The number of hydrogen-bond acceptors (Lipinski definition) is 3. The lowest BCUT2D eigenvalue weighted by Gasteiger charge is -2.26. The number of halogens is 1. The second kappa shape index (κ2) is 9.52. The summed E-state index contributed by atoms with van der Waals surface area (Å²) in [5.74, 6) is 2.80. The average molecular weight is 482 g/mol. The maximum Gasteiger partial charge on any atom is 0.194 e. The van der Waals surface area contributed by atoms with E-state index in [0.717, 1.165) is 37.1 Å². The van der Waals surface area contributed by atoms with Crippen molar-refractivity contribution in [2.45, 2.75) is 39.7 Å². The molecular formula is C20H31IN6. The zero-order valence-electron chi connectivity index (χ0n) is 16.8. The molecule has 1 aromatic carbocycles. The Morgan fingerprint density at radius 3 is 2.63 bits per heavy atom. The van der Waals surface area contributed by atoms with Crippen LogP contribution in [-0.4, -0.2) is 45.8 Å². The van der Waals surface area contributed by atoms with Gasteiger partial charge in [0.15, 0.2) is 11.8 Å². The molecule has 1 aliphatic heterocycles. The molecule has 0 aliphatic carbocycles. The van der Waals surface area contributed by atoms with Gasteiger partial charge in [-0.25, -0.2) is 0 Å². The lowest BCUT2D eigenvalue weighted by molar-refractivity contribution is 0.308. The van der Waals surface area contributed by atoms with Crippen LogP contribution in [0, 0.1) is 12.3 Å². The molecule has 1 aliphatic rings. The highest BCUT2D eigenvalue weighted by molar-refractivity contribution is 14.0. The highest BCUT2D eigenvalue weighted by Crippen LogP contribution is 2.34. The highest BCUT2D eigenvalue weighted by Gasteiger charge is 2.34. The normalized spacial score (nSPS) is 19.9. The number of nitrogens with zero attached hydrogens (tertiary/aromatic N) is 5. The van der Waals surface area contributed by atoms with Gasteiger partial charge in [-0.2, -0.15) is 0 Å². The minimum atomic E-state index is 0. The zero-order chi connectivity index (χ0) is 18.6. The molecule has 1 saturated heterocycles. The van der Waals surface area contributed by atoms with Crippen LogP contribution in [0.2, 0.25) is 0 Å². The van der Waals surface area contributed by atoms with Gasteiger partial charge in [0, 0.05) is 27.2 Å². The Labute approximate surface area is 179 Å². The molecule has 1 unspecified atom stereocenters. The Hall–Kier alpha value is -1.64. The lowest BCUT2D eigenvalue weighted by atomic mass is 9.83. The largest absolute Gasteiger partial charge is 0.349 e. The molecule has 2 heterocycles. The van der Waals surface area contributed by atoms with Crippen LogP contribution in [0.25, 0.3) is 0 Å². The summed E-state index contributed by atoms with van der Waals surface area (Å²) in [5, 5.41) is 11.8. The predicted molar refractivity (Wildman–Crippen MR) is 120 cm³/mol. The van der Waals surface area contributed by atoms with Gasteiger partial charge in [-0.3, -0.25) is 4.99 Å². The van der Waals surface area contributed by atoms with E-state index in [1.807, 2.05) is 25.6 Å². The molecule has 148 valence electrons. The molecule has 7 heteroatoms. The summed E-state index contributed by atoms with van der Waals surface area (Å²) < 4.78 is 2.01. The standard InChI is InChI=1S/C20H30N6.HI/c1-16-23-24-18(25(16)4)14-22-19(21-3)26-13-12-20(2,15-26)11-10-17-8-6-5-7-9-17;/h5-9H,10-15H2,1-4H3,(H,21,22);1H. The summed E-state index contributed by atoms with van der Waals surface area (Å²) in [6.07, 6.45) is 3.53. The van der Waals surface area contributed by atoms with Crippen molar-refractivity contribution in [2.24, 2.45) is 17.5 Å². The Balaban J connectivity index is 0.00000261. The first-order chi connectivity index (χ1) is 12.5. The third kappa shape index (κ3) is 5.43. The molecule has 1 fully saturated rings. The van der Waals surface area contributed by atoms with E-state index in [1.165, 1.54) is 18.4 Å². The van der Waals surface area contributed by atoms with E-state index in [1.54, 1.807) is 0 Å². The van der Waals surface area contributed by atoms with Gasteiger partial charge in [0.2, 0.25) is 0 Å². The monoisotopic (exact) mass is 482 g/mol. The fourth-order valence-corrected chi connectivity index (χ4v) is 3.59. The summed E-state index contributed by atoms with van der Waals surface area (Å²) in [5.41, 5.74) is 1.75. The number of aryl methyl sites for hydroxylation is 2. The van der Waals surface area contributed by atoms with Crippen molar-refractivity contribution in [3.8, 4) is 0 Å². The van der Waals surface area contributed by atoms with E-state index in [-0.39, 0.29) is 24.0 Å². The first-order valence-electron chi connectivity index (χ1n) is 9.35. The van der Waals surface area contributed by atoms with Crippen LogP contribution in [0.15, 0.2) is 35.3 Å². The van der Waals surface area contributed by atoms with Crippen LogP contribution >= 0.6 is 24.0 Å². The van der Waals surface area contributed by atoms with Gasteiger partial charge < -0.3 is 14.8 Å². The van der Waals surface area contributed by atoms with Crippen LogP contribution in [0.5, 0.6) is 0 Å². The van der Waals surface area contributed by atoms with E-state index < -0.39 is 0 Å². The highest BCUT2D eigenvalue weighted by atomic mass is 127. The molecule has 1 atom stereocenters. The van der Waals surface area contributed by atoms with Gasteiger partial charge >= 0.3 is 0 Å². The number of nitrogens with one attached hydrogen (secondary N) is 1. The molecular weight excluding hydrogens is 451 g/mol. The smallest absolute Gasteiger partial charge is 0.194 e. The summed E-state index contributed by atoms with van der Waals surface area (Å²) in [7, 11) is 3.84. The number of hydrogen-bond donors (Lipinski definition) is 1. The SMILES string of the molecule is CN=C(NCc1nnc(C)n1C)N1CCC(C)(CCc2ccccc2)C1.I. The molecule has 2 aromatic rings. The van der Waals surface area contributed by atoms with Gasteiger partial charge in [0.1, 0.15) is 5.82 Å². The predicted octanol–water partition coefficient (Wildman–Crippen LogP) is 3.16. The number of rotatable bonds is 5. The minimum absolute atomic E-state index is 0. The van der Waals surface area contributed by atoms with Crippen LogP contribution < -0.4 is 5.32 Å². The van der Waals surface area contributed by atoms with Crippen LogP contribution in [0.3, 0.4) is 0 Å². The molecule has 0 radical (unpaired) electrons. The number of guanidine groups is 1. The summed E-state index contributed by atoms with van der Waals surface area (Å²) >= 11 is 0. The Morgan fingerprint density at radius 1 is 1.26 bits per heavy atom. The molecule has 0 saturated carbocycles. The van der Waals surface area contributed by atoms with Gasteiger partial charge in [0.25, 0.3) is 0 Å². The molecule has 1 aromatic heterocycles. The molecule has 3 rings (SSSR count). The fourth-order valence-electron chi connectivity index (χ4n) is 3.59. The van der Waals surface area contributed by atoms with Crippen molar-refractivity contribution in [1.29, 1.82) is 0 Å². The van der Waals surface area contributed by atoms with E-state index in [0.29, 0.717) is 12.0 Å². The Kier molecular flexibility index (Phi) is 7.64. The van der Waals surface area contributed by atoms with Crippen molar-refractivity contribution >= 4 is 29.9 Å². The Morgan fingerprint density at radius 2 is 2.00 bits per heavy atom. The molecule has 6 nitrogen and oxygen atoms in total. The molecule has 27 heavy (non-hydrogen) atoms. The van der Waals surface area contributed by atoms with Gasteiger partial charge in [-0.05, 0) is 37.2 Å². The molecule has 0 bridgehead atoms. The van der Waals surface area contributed by atoms with E-state index in [2.05, 4.69) is 62.7 Å². The third-order valence-corrected chi connectivity index (χ3v) is 5.52.